The molecule has 0 bridgehead atoms. The van der Waals surface area contributed by atoms with Crippen LogP contribution in [0.2, 0.25) is 0 Å². The lowest BCUT2D eigenvalue weighted by Crippen LogP contribution is -2.05. The number of carbonyl (C=O) groups excluding carboxylic acids is 1. The Morgan fingerprint density at radius 3 is 2.03 bits per heavy atom. The van der Waals surface area contributed by atoms with E-state index in [1.54, 1.807) is 5.82 Å². The standard InChI is InChI=1S/C26H24N4OP2/c1-3-32-25-28-16-24(29-25)20-11-9-18(10-12-20)17-5-7-19(8-6-17)21-13-14-23(22(27)15-21)30-26(31)33-4-2/h3-16,32-33H,1-2,27H2,(H,28,29)(H,30,31). The Kier molecular flexibility index (Phi) is 7.14. The molecule has 1 aromatic heterocycles. The summed E-state index contributed by atoms with van der Waals surface area (Å²) in [4.78, 5) is 19.5. The first-order valence-electron chi connectivity index (χ1n) is 10.3. The van der Waals surface area contributed by atoms with Crippen molar-refractivity contribution in [2.24, 2.45) is 0 Å². The Labute approximate surface area is 196 Å². The second-order valence-corrected chi connectivity index (χ2v) is 9.57. The minimum atomic E-state index is -0.107. The van der Waals surface area contributed by atoms with Crippen LogP contribution >= 0.6 is 17.2 Å². The lowest BCUT2D eigenvalue weighted by Gasteiger charge is -2.10. The van der Waals surface area contributed by atoms with E-state index in [2.05, 4.69) is 77.0 Å². The van der Waals surface area contributed by atoms with E-state index in [0.717, 1.165) is 39.1 Å². The number of aromatic nitrogens is 2. The summed E-state index contributed by atoms with van der Waals surface area (Å²) < 4.78 is 0. The van der Waals surface area contributed by atoms with Crippen LogP contribution < -0.4 is 16.6 Å². The van der Waals surface area contributed by atoms with E-state index in [1.807, 2.05) is 30.2 Å². The highest BCUT2D eigenvalue weighted by Gasteiger charge is 2.07. The SMILES string of the molecule is C=CPC(=O)Nc1ccc(-c2ccc(-c3ccc(-c4cnc(PC=C)[nH]4)cc3)cc2)cc1N. The molecule has 1 amide bonds. The largest absolute Gasteiger partial charge is 0.397 e. The van der Waals surface area contributed by atoms with Gasteiger partial charge in [0.2, 0.25) is 5.65 Å². The lowest BCUT2D eigenvalue weighted by atomic mass is 9.99. The molecular formula is C26H24N4OP2. The number of carbonyl (C=O) groups is 1. The second kappa shape index (κ2) is 10.4. The molecule has 1 heterocycles. The minimum absolute atomic E-state index is 0.00704. The molecule has 0 aliphatic heterocycles. The fourth-order valence-corrected chi connectivity index (χ4v) is 4.37. The lowest BCUT2D eigenvalue weighted by molar-refractivity contribution is 0.269. The number of nitrogen functional groups attached to an aromatic ring is 1. The number of anilines is 2. The monoisotopic (exact) mass is 470 g/mol. The Morgan fingerprint density at radius 2 is 1.45 bits per heavy atom. The summed E-state index contributed by atoms with van der Waals surface area (Å²) in [7, 11) is 0.486. The molecule has 3 aromatic carbocycles. The first-order chi connectivity index (χ1) is 16.1. The fourth-order valence-electron chi connectivity index (χ4n) is 3.44. The van der Waals surface area contributed by atoms with E-state index < -0.39 is 0 Å². The third kappa shape index (κ3) is 5.46. The van der Waals surface area contributed by atoms with Crippen molar-refractivity contribution in [2.75, 3.05) is 11.1 Å². The molecule has 0 saturated carbocycles. The van der Waals surface area contributed by atoms with Crippen LogP contribution in [0.25, 0.3) is 33.5 Å². The van der Waals surface area contributed by atoms with Gasteiger partial charge in [-0.1, -0.05) is 79.4 Å². The van der Waals surface area contributed by atoms with Gasteiger partial charge in [-0.15, -0.1) is 0 Å². The van der Waals surface area contributed by atoms with Crippen molar-refractivity contribution >= 4 is 39.7 Å². The van der Waals surface area contributed by atoms with Crippen molar-refractivity contribution in [2.45, 2.75) is 0 Å². The van der Waals surface area contributed by atoms with Gasteiger partial charge in [-0.25, -0.2) is 4.98 Å². The molecule has 2 unspecified atom stereocenters. The van der Waals surface area contributed by atoms with E-state index in [9.17, 15) is 4.79 Å². The number of nitrogens with two attached hydrogens (primary N) is 1. The topological polar surface area (TPSA) is 83.8 Å². The molecule has 0 aliphatic carbocycles. The van der Waals surface area contributed by atoms with Crippen LogP contribution in [0.1, 0.15) is 0 Å². The summed E-state index contributed by atoms with van der Waals surface area (Å²) in [6.07, 6.45) is 1.86. The van der Waals surface area contributed by atoms with Gasteiger partial charge >= 0.3 is 0 Å². The molecule has 0 radical (unpaired) electrons. The maximum Gasteiger partial charge on any atom is 0.246 e. The van der Waals surface area contributed by atoms with Crippen molar-refractivity contribution in [3.8, 4) is 33.5 Å². The van der Waals surface area contributed by atoms with Gasteiger partial charge in [0.25, 0.3) is 0 Å². The van der Waals surface area contributed by atoms with Crippen molar-refractivity contribution in [3.05, 3.63) is 97.7 Å². The molecule has 164 valence electrons. The van der Waals surface area contributed by atoms with Crippen molar-refractivity contribution in [1.82, 2.24) is 9.97 Å². The summed E-state index contributed by atoms with van der Waals surface area (Å²) in [5, 5.41) is 2.81. The first kappa shape index (κ1) is 22.7. The number of imidazole rings is 1. The molecule has 2 atom stereocenters. The smallest absolute Gasteiger partial charge is 0.246 e. The highest BCUT2D eigenvalue weighted by molar-refractivity contribution is 7.61. The van der Waals surface area contributed by atoms with Crippen LogP contribution in [0.3, 0.4) is 0 Å². The maximum atomic E-state index is 11.8. The maximum absolute atomic E-state index is 11.8. The zero-order valence-corrected chi connectivity index (χ0v) is 19.9. The van der Waals surface area contributed by atoms with Gasteiger partial charge in [-0.3, -0.25) is 4.79 Å². The molecule has 0 aliphatic rings. The molecule has 7 heteroatoms. The molecule has 4 N–H and O–H groups in total. The quantitative estimate of drug-likeness (QED) is 0.196. The number of hydrogen-bond acceptors (Lipinski definition) is 3. The molecule has 0 fully saturated rings. The average Bonchev–Trinajstić information content (AvgIpc) is 3.30. The molecule has 4 rings (SSSR count). The molecular weight excluding hydrogens is 446 g/mol. The van der Waals surface area contributed by atoms with Crippen LogP contribution in [0.4, 0.5) is 16.2 Å². The summed E-state index contributed by atoms with van der Waals surface area (Å²) in [5.41, 5.74) is 14.6. The number of hydrogen-bond donors (Lipinski definition) is 3. The summed E-state index contributed by atoms with van der Waals surface area (Å²) in [5.74, 6) is 3.45. The predicted octanol–water partition coefficient (Wildman–Crippen LogP) is 6.79. The number of amides is 1. The fraction of sp³-hybridized carbons (Fsp3) is 0. The highest BCUT2D eigenvalue weighted by atomic mass is 31.1. The van der Waals surface area contributed by atoms with E-state index in [4.69, 9.17) is 5.73 Å². The van der Waals surface area contributed by atoms with Gasteiger partial charge in [0.05, 0.1) is 23.3 Å². The van der Waals surface area contributed by atoms with Crippen LogP contribution in [-0.4, -0.2) is 15.6 Å². The molecule has 4 aromatic rings. The van der Waals surface area contributed by atoms with Crippen molar-refractivity contribution < 1.29 is 4.79 Å². The average molecular weight is 470 g/mol. The van der Waals surface area contributed by atoms with Crippen LogP contribution in [0.5, 0.6) is 0 Å². The van der Waals surface area contributed by atoms with E-state index >= 15 is 0 Å². The van der Waals surface area contributed by atoms with Crippen LogP contribution in [0.15, 0.2) is 97.7 Å². The van der Waals surface area contributed by atoms with Gasteiger partial charge in [-0.2, -0.15) is 0 Å². The number of nitrogens with one attached hydrogen (secondary N) is 2. The molecule has 0 spiro atoms. The third-order valence-corrected chi connectivity index (χ3v) is 6.42. The Balaban J connectivity index is 1.49. The summed E-state index contributed by atoms with van der Waals surface area (Å²) >= 11 is 0. The highest BCUT2D eigenvalue weighted by Crippen LogP contribution is 2.31. The van der Waals surface area contributed by atoms with Gasteiger partial charge in [0, 0.05) is 0 Å². The van der Waals surface area contributed by atoms with E-state index in [-0.39, 0.29) is 14.2 Å². The molecule has 0 saturated heterocycles. The van der Waals surface area contributed by atoms with Crippen LogP contribution in [0, 0.1) is 0 Å². The number of aromatic amines is 1. The second-order valence-electron chi connectivity index (χ2n) is 7.25. The number of rotatable bonds is 8. The Bertz CT molecular complexity index is 1290. The normalized spacial score (nSPS) is 11.3. The zero-order valence-electron chi connectivity index (χ0n) is 17.9. The van der Waals surface area contributed by atoms with E-state index in [1.165, 1.54) is 0 Å². The van der Waals surface area contributed by atoms with Crippen molar-refractivity contribution in [1.29, 1.82) is 0 Å². The van der Waals surface area contributed by atoms with Crippen LogP contribution in [-0.2, 0) is 0 Å². The Hall–Kier alpha value is -3.52. The van der Waals surface area contributed by atoms with Gasteiger partial charge in [0.1, 0.15) is 5.57 Å². The minimum Gasteiger partial charge on any atom is -0.397 e. The number of H-pyrrole nitrogens is 1. The predicted molar refractivity (Wildman–Crippen MR) is 145 cm³/mol. The van der Waals surface area contributed by atoms with Crippen molar-refractivity contribution in [3.63, 3.8) is 0 Å². The Morgan fingerprint density at radius 1 is 0.879 bits per heavy atom. The summed E-state index contributed by atoms with van der Waals surface area (Å²) in [6, 6.07) is 22.4. The first-order valence-corrected chi connectivity index (χ1v) is 12.4. The third-order valence-electron chi connectivity index (χ3n) is 5.09. The molecule has 5 nitrogen and oxygen atoms in total. The number of benzene rings is 3. The molecule has 33 heavy (non-hydrogen) atoms. The van der Waals surface area contributed by atoms with Gasteiger partial charge in [0.15, 0.2) is 0 Å². The van der Waals surface area contributed by atoms with E-state index in [0.29, 0.717) is 20.0 Å². The van der Waals surface area contributed by atoms with Gasteiger partial charge < -0.3 is 16.0 Å². The number of nitrogens with zero attached hydrogens (tertiary/aromatic N) is 1. The zero-order chi connectivity index (χ0) is 23.2. The summed E-state index contributed by atoms with van der Waals surface area (Å²) in [6.45, 7) is 7.35. The van der Waals surface area contributed by atoms with Gasteiger partial charge in [-0.05, 0) is 57.1 Å².